The van der Waals surface area contributed by atoms with Gasteiger partial charge in [-0.05, 0) is 18.6 Å². The summed E-state index contributed by atoms with van der Waals surface area (Å²) in [6.07, 6.45) is -0.711. The number of pyridine rings is 1. The molecule has 0 fully saturated rings. The van der Waals surface area contributed by atoms with Gasteiger partial charge < -0.3 is 9.84 Å². The smallest absolute Gasteiger partial charge is 0.213 e. The number of rotatable bonds is 4. The minimum atomic E-state index is -0.711. The van der Waals surface area contributed by atoms with E-state index in [9.17, 15) is 5.11 Å². The fraction of sp³-hybridized carbons (Fsp3) is 0.214. The van der Waals surface area contributed by atoms with Gasteiger partial charge in [0.1, 0.15) is 6.10 Å². The van der Waals surface area contributed by atoms with Crippen molar-refractivity contribution in [3.63, 3.8) is 0 Å². The van der Waals surface area contributed by atoms with Crippen LogP contribution in [-0.2, 0) is 0 Å². The van der Waals surface area contributed by atoms with Gasteiger partial charge in [0, 0.05) is 6.07 Å². The fourth-order valence-corrected chi connectivity index (χ4v) is 1.62. The van der Waals surface area contributed by atoms with Crippen LogP contribution in [0.1, 0.15) is 24.3 Å². The highest BCUT2D eigenvalue weighted by atomic mass is 16.5. The largest absolute Gasteiger partial charge is 0.478 e. The third-order valence-electron chi connectivity index (χ3n) is 2.43. The fourth-order valence-electron chi connectivity index (χ4n) is 1.62. The zero-order valence-electron chi connectivity index (χ0n) is 9.71. The van der Waals surface area contributed by atoms with E-state index in [2.05, 4.69) is 4.98 Å². The van der Waals surface area contributed by atoms with Crippen LogP contribution in [0.5, 0.6) is 5.88 Å². The molecule has 3 nitrogen and oxygen atoms in total. The molecule has 0 amide bonds. The van der Waals surface area contributed by atoms with E-state index >= 15 is 0 Å². The second-order valence-electron chi connectivity index (χ2n) is 3.65. The maximum absolute atomic E-state index is 10.2. The molecule has 0 saturated carbocycles. The van der Waals surface area contributed by atoms with Crippen LogP contribution >= 0.6 is 0 Å². The molecule has 0 aliphatic heterocycles. The number of benzene rings is 1. The Morgan fingerprint density at radius 3 is 2.59 bits per heavy atom. The average Bonchev–Trinajstić information content (AvgIpc) is 2.40. The molecule has 0 radical (unpaired) electrons. The molecule has 1 aromatic carbocycles. The predicted octanol–water partition coefficient (Wildman–Crippen LogP) is 2.56. The van der Waals surface area contributed by atoms with Gasteiger partial charge in [0.05, 0.1) is 12.3 Å². The Morgan fingerprint density at radius 2 is 1.88 bits per heavy atom. The number of ether oxygens (including phenoxy) is 1. The Morgan fingerprint density at radius 1 is 1.12 bits per heavy atom. The second kappa shape index (κ2) is 5.46. The van der Waals surface area contributed by atoms with Crippen LogP contribution < -0.4 is 4.74 Å². The summed E-state index contributed by atoms with van der Waals surface area (Å²) >= 11 is 0. The van der Waals surface area contributed by atoms with Crippen molar-refractivity contribution in [2.75, 3.05) is 6.61 Å². The van der Waals surface area contributed by atoms with Crippen molar-refractivity contribution in [2.45, 2.75) is 13.0 Å². The number of nitrogens with zero attached hydrogens (tertiary/aromatic N) is 1. The Balaban J connectivity index is 2.25. The van der Waals surface area contributed by atoms with Gasteiger partial charge in [-0.2, -0.15) is 0 Å². The van der Waals surface area contributed by atoms with Crippen LogP contribution in [0.3, 0.4) is 0 Å². The Hall–Kier alpha value is -1.87. The molecule has 0 bridgehead atoms. The lowest BCUT2D eigenvalue weighted by Crippen LogP contribution is -2.04. The van der Waals surface area contributed by atoms with Gasteiger partial charge in [-0.1, -0.05) is 36.4 Å². The molecule has 0 saturated heterocycles. The van der Waals surface area contributed by atoms with Crippen molar-refractivity contribution in [3.8, 4) is 5.88 Å². The number of aliphatic hydroxyl groups excluding tert-OH is 1. The molecule has 3 heteroatoms. The van der Waals surface area contributed by atoms with Crippen LogP contribution in [0.2, 0.25) is 0 Å². The highest BCUT2D eigenvalue weighted by Crippen LogP contribution is 2.21. The third-order valence-corrected chi connectivity index (χ3v) is 2.43. The first kappa shape index (κ1) is 11.6. The summed E-state index contributed by atoms with van der Waals surface area (Å²) in [6, 6.07) is 14.9. The van der Waals surface area contributed by atoms with Crippen LogP contribution in [-0.4, -0.2) is 16.7 Å². The summed E-state index contributed by atoms with van der Waals surface area (Å²) in [4.78, 5) is 4.27. The topological polar surface area (TPSA) is 42.4 Å². The van der Waals surface area contributed by atoms with E-state index in [1.54, 1.807) is 12.1 Å². The van der Waals surface area contributed by atoms with E-state index < -0.39 is 6.10 Å². The zero-order chi connectivity index (χ0) is 12.1. The first-order valence-electron chi connectivity index (χ1n) is 5.64. The number of hydrogen-bond donors (Lipinski definition) is 1. The highest BCUT2D eigenvalue weighted by molar-refractivity contribution is 5.27. The summed E-state index contributed by atoms with van der Waals surface area (Å²) in [6.45, 7) is 2.47. The van der Waals surface area contributed by atoms with E-state index in [4.69, 9.17) is 4.74 Å². The second-order valence-corrected chi connectivity index (χ2v) is 3.65. The lowest BCUT2D eigenvalue weighted by molar-refractivity contribution is 0.213. The van der Waals surface area contributed by atoms with Gasteiger partial charge in [0.25, 0.3) is 0 Å². The molecule has 88 valence electrons. The molecule has 1 aromatic heterocycles. The molecule has 1 heterocycles. The van der Waals surface area contributed by atoms with E-state index in [1.165, 1.54) is 0 Å². The molecule has 17 heavy (non-hydrogen) atoms. The van der Waals surface area contributed by atoms with Crippen LogP contribution in [0.4, 0.5) is 0 Å². The summed E-state index contributed by atoms with van der Waals surface area (Å²) in [5.74, 6) is 0.542. The molecule has 1 unspecified atom stereocenters. The number of hydrogen-bond acceptors (Lipinski definition) is 3. The molecule has 1 atom stereocenters. The number of aliphatic hydroxyl groups is 1. The lowest BCUT2D eigenvalue weighted by Gasteiger charge is -2.11. The number of aromatic nitrogens is 1. The summed E-state index contributed by atoms with van der Waals surface area (Å²) in [7, 11) is 0. The third kappa shape index (κ3) is 2.82. The quantitative estimate of drug-likeness (QED) is 0.876. The monoisotopic (exact) mass is 229 g/mol. The Labute approximate surface area is 101 Å². The van der Waals surface area contributed by atoms with Crippen molar-refractivity contribution in [1.82, 2.24) is 4.98 Å². The molecule has 0 aliphatic carbocycles. The minimum Gasteiger partial charge on any atom is -0.478 e. The van der Waals surface area contributed by atoms with Crippen LogP contribution in [0, 0.1) is 0 Å². The van der Waals surface area contributed by atoms with Crippen molar-refractivity contribution < 1.29 is 9.84 Å². The lowest BCUT2D eigenvalue weighted by atomic mass is 10.1. The van der Waals surface area contributed by atoms with Gasteiger partial charge in [-0.25, -0.2) is 4.98 Å². The molecular formula is C14H15NO2. The van der Waals surface area contributed by atoms with Gasteiger partial charge in [0.2, 0.25) is 5.88 Å². The zero-order valence-corrected chi connectivity index (χ0v) is 9.71. The molecule has 0 spiro atoms. The first-order chi connectivity index (χ1) is 8.31. The maximum atomic E-state index is 10.2. The van der Waals surface area contributed by atoms with Crippen LogP contribution in [0.15, 0.2) is 48.5 Å². The maximum Gasteiger partial charge on any atom is 0.213 e. The van der Waals surface area contributed by atoms with E-state index in [0.717, 1.165) is 5.56 Å². The molecular weight excluding hydrogens is 214 g/mol. The standard InChI is InChI=1S/C14H15NO2/c1-2-17-13-10-6-9-12(15-13)14(16)11-7-4-3-5-8-11/h3-10,14,16H,2H2,1H3. The van der Waals surface area contributed by atoms with Crippen molar-refractivity contribution in [2.24, 2.45) is 0 Å². The average molecular weight is 229 g/mol. The van der Waals surface area contributed by atoms with Gasteiger partial charge >= 0.3 is 0 Å². The molecule has 2 rings (SSSR count). The van der Waals surface area contributed by atoms with Gasteiger partial charge in [0.15, 0.2) is 0 Å². The Bertz CT molecular complexity index is 471. The van der Waals surface area contributed by atoms with Crippen molar-refractivity contribution >= 4 is 0 Å². The molecule has 1 N–H and O–H groups in total. The van der Waals surface area contributed by atoms with Crippen LogP contribution in [0.25, 0.3) is 0 Å². The van der Waals surface area contributed by atoms with E-state index in [-0.39, 0.29) is 0 Å². The summed E-state index contributed by atoms with van der Waals surface area (Å²) in [5, 5.41) is 10.2. The summed E-state index contributed by atoms with van der Waals surface area (Å²) < 4.78 is 5.31. The highest BCUT2D eigenvalue weighted by Gasteiger charge is 2.11. The normalized spacial score (nSPS) is 12.1. The minimum absolute atomic E-state index is 0.542. The van der Waals surface area contributed by atoms with Gasteiger partial charge in [-0.3, -0.25) is 0 Å². The van der Waals surface area contributed by atoms with Gasteiger partial charge in [-0.15, -0.1) is 0 Å². The van der Waals surface area contributed by atoms with E-state index in [0.29, 0.717) is 18.2 Å². The van der Waals surface area contributed by atoms with Crippen molar-refractivity contribution in [3.05, 3.63) is 59.8 Å². The molecule has 0 aliphatic rings. The predicted molar refractivity (Wildman–Crippen MR) is 65.9 cm³/mol. The Kier molecular flexibility index (Phi) is 3.73. The SMILES string of the molecule is CCOc1cccc(C(O)c2ccccc2)n1. The van der Waals surface area contributed by atoms with E-state index in [1.807, 2.05) is 43.3 Å². The van der Waals surface area contributed by atoms with Crippen molar-refractivity contribution in [1.29, 1.82) is 0 Å². The first-order valence-corrected chi connectivity index (χ1v) is 5.64. The molecule has 2 aromatic rings. The summed E-state index contributed by atoms with van der Waals surface area (Å²) in [5.41, 5.74) is 1.43.